The summed E-state index contributed by atoms with van der Waals surface area (Å²) in [7, 11) is 0. The zero-order valence-corrected chi connectivity index (χ0v) is 10.4. The zero-order chi connectivity index (χ0) is 13.0. The summed E-state index contributed by atoms with van der Waals surface area (Å²) in [5.41, 5.74) is 0. The molecule has 0 unspecified atom stereocenters. The number of carbonyl (C=O) groups excluding carboxylic acids is 3. The fourth-order valence-corrected chi connectivity index (χ4v) is 1.74. The highest BCUT2D eigenvalue weighted by atomic mass is 35.5. The molecular weight excluding hydrogens is 269 g/mol. The number of ether oxygens (including phenoxy) is 1. The Hall–Kier alpha value is -1.07. The van der Waals surface area contributed by atoms with Crippen molar-refractivity contribution in [1.82, 2.24) is 4.90 Å². The lowest BCUT2D eigenvalue weighted by Gasteiger charge is -2.21. The van der Waals surface area contributed by atoms with Gasteiger partial charge in [0.05, 0.1) is 0 Å². The number of halogens is 2. The topological polar surface area (TPSA) is 63.7 Å². The smallest absolute Gasteiger partial charge is 0.329 e. The summed E-state index contributed by atoms with van der Waals surface area (Å²) in [4.78, 5) is 34.0. The number of rotatable bonds is 4. The second kappa shape index (κ2) is 6.02. The number of imide groups is 1. The lowest BCUT2D eigenvalue weighted by molar-refractivity contribution is -0.156. The molecule has 7 heteroatoms. The number of amides is 2. The molecule has 5 nitrogen and oxygen atoms in total. The van der Waals surface area contributed by atoms with Gasteiger partial charge in [-0.05, 0) is 6.42 Å². The Morgan fingerprint density at radius 3 is 2.76 bits per heavy atom. The van der Waals surface area contributed by atoms with Crippen LogP contribution in [-0.4, -0.2) is 40.2 Å². The Labute approximate surface area is 108 Å². The van der Waals surface area contributed by atoms with E-state index >= 15 is 0 Å². The van der Waals surface area contributed by atoms with E-state index in [1.165, 1.54) is 6.08 Å². The molecule has 94 valence electrons. The maximum atomic E-state index is 11.6. The second-order valence-corrected chi connectivity index (χ2v) is 4.47. The molecule has 0 radical (unpaired) electrons. The van der Waals surface area contributed by atoms with Crippen LogP contribution in [-0.2, 0) is 19.1 Å². The van der Waals surface area contributed by atoms with Gasteiger partial charge < -0.3 is 4.74 Å². The van der Waals surface area contributed by atoms with Gasteiger partial charge in [-0.25, -0.2) is 4.79 Å². The van der Waals surface area contributed by atoms with E-state index in [9.17, 15) is 14.4 Å². The molecule has 0 aromatic heterocycles. The van der Waals surface area contributed by atoms with Crippen molar-refractivity contribution in [3.8, 4) is 0 Å². The van der Waals surface area contributed by atoms with Crippen LogP contribution < -0.4 is 0 Å². The van der Waals surface area contributed by atoms with Crippen LogP contribution in [0.25, 0.3) is 0 Å². The molecule has 0 aliphatic carbocycles. The molecule has 0 aromatic rings. The highest BCUT2D eigenvalue weighted by Crippen LogP contribution is 2.23. The van der Waals surface area contributed by atoms with Crippen molar-refractivity contribution >= 4 is 41.0 Å². The van der Waals surface area contributed by atoms with E-state index in [4.69, 9.17) is 27.9 Å². The highest BCUT2D eigenvalue weighted by Gasteiger charge is 2.42. The molecule has 0 N–H and O–H groups in total. The van der Waals surface area contributed by atoms with Crippen molar-refractivity contribution in [3.63, 3.8) is 0 Å². The number of nitrogens with zero attached hydrogens (tertiary/aromatic N) is 1. The molecule has 17 heavy (non-hydrogen) atoms. The van der Waals surface area contributed by atoms with Crippen LogP contribution in [0.3, 0.4) is 0 Å². The Kier molecular flexibility index (Phi) is 4.96. The van der Waals surface area contributed by atoms with Gasteiger partial charge in [0.25, 0.3) is 5.91 Å². The van der Waals surface area contributed by atoms with Crippen LogP contribution in [0.15, 0.2) is 12.7 Å². The number of esters is 1. The predicted octanol–water partition coefficient (Wildman–Crippen LogP) is 1.04. The summed E-state index contributed by atoms with van der Waals surface area (Å²) in [6.07, 6.45) is 1.72. The monoisotopic (exact) mass is 279 g/mol. The van der Waals surface area contributed by atoms with E-state index < -0.39 is 28.7 Å². The fraction of sp³-hybridized carbons (Fsp3) is 0.500. The SMILES string of the molecule is C=CCOC(=O)[C@H]1CCC(=O)N1C(=O)C(Cl)Cl. The normalized spacial score (nSPS) is 19.6. The van der Waals surface area contributed by atoms with Crippen molar-refractivity contribution in [3.05, 3.63) is 12.7 Å². The summed E-state index contributed by atoms with van der Waals surface area (Å²) >= 11 is 10.8. The molecule has 1 atom stereocenters. The molecule has 2 amide bonds. The van der Waals surface area contributed by atoms with Crippen LogP contribution in [0.1, 0.15) is 12.8 Å². The van der Waals surface area contributed by atoms with Gasteiger partial charge in [-0.2, -0.15) is 0 Å². The van der Waals surface area contributed by atoms with Gasteiger partial charge in [-0.1, -0.05) is 35.9 Å². The third-order valence-electron chi connectivity index (χ3n) is 2.25. The summed E-state index contributed by atoms with van der Waals surface area (Å²) in [6.45, 7) is 3.41. The van der Waals surface area contributed by atoms with Crippen LogP contribution in [0.5, 0.6) is 0 Å². The van der Waals surface area contributed by atoms with Crippen LogP contribution in [0, 0.1) is 0 Å². The zero-order valence-electron chi connectivity index (χ0n) is 8.90. The summed E-state index contributed by atoms with van der Waals surface area (Å²) in [5.74, 6) is -1.92. The Morgan fingerprint density at radius 1 is 1.59 bits per heavy atom. The molecule has 0 aromatic carbocycles. The average molecular weight is 280 g/mol. The summed E-state index contributed by atoms with van der Waals surface area (Å²) in [5, 5.41) is 0. The number of hydrogen-bond acceptors (Lipinski definition) is 4. The molecule has 0 spiro atoms. The third kappa shape index (κ3) is 3.20. The minimum atomic E-state index is -1.37. The van der Waals surface area contributed by atoms with E-state index in [0.717, 1.165) is 4.90 Å². The van der Waals surface area contributed by atoms with Gasteiger partial charge in [0.15, 0.2) is 4.84 Å². The predicted molar refractivity (Wildman–Crippen MR) is 61.5 cm³/mol. The summed E-state index contributed by atoms with van der Waals surface area (Å²) in [6, 6.07) is -0.935. The molecule has 1 heterocycles. The van der Waals surface area contributed by atoms with Crippen molar-refractivity contribution in [2.75, 3.05) is 6.61 Å². The van der Waals surface area contributed by atoms with E-state index in [1.54, 1.807) is 0 Å². The van der Waals surface area contributed by atoms with Crippen molar-refractivity contribution in [2.24, 2.45) is 0 Å². The van der Waals surface area contributed by atoms with Crippen LogP contribution in [0.4, 0.5) is 0 Å². The van der Waals surface area contributed by atoms with Crippen LogP contribution >= 0.6 is 23.2 Å². The van der Waals surface area contributed by atoms with E-state index in [-0.39, 0.29) is 19.4 Å². The van der Waals surface area contributed by atoms with E-state index in [2.05, 4.69) is 6.58 Å². The summed E-state index contributed by atoms with van der Waals surface area (Å²) < 4.78 is 4.79. The van der Waals surface area contributed by atoms with Gasteiger partial charge in [0.1, 0.15) is 12.6 Å². The molecule has 1 rings (SSSR count). The Bertz CT molecular complexity index is 356. The average Bonchev–Trinajstić information content (AvgIpc) is 2.66. The van der Waals surface area contributed by atoms with Gasteiger partial charge in [-0.15, -0.1) is 0 Å². The Morgan fingerprint density at radius 2 is 2.24 bits per heavy atom. The third-order valence-corrected chi connectivity index (χ3v) is 2.62. The lowest BCUT2D eigenvalue weighted by Crippen LogP contribution is -2.45. The first-order valence-corrected chi connectivity index (χ1v) is 5.78. The Balaban J connectivity index is 2.77. The van der Waals surface area contributed by atoms with Crippen molar-refractivity contribution in [1.29, 1.82) is 0 Å². The highest BCUT2D eigenvalue weighted by molar-refractivity contribution is 6.54. The minimum absolute atomic E-state index is 0.0245. The molecular formula is C10H11Cl2NO4. The molecule has 1 saturated heterocycles. The second-order valence-electron chi connectivity index (χ2n) is 3.38. The first-order chi connectivity index (χ1) is 7.99. The van der Waals surface area contributed by atoms with Gasteiger partial charge in [0.2, 0.25) is 5.91 Å². The number of carbonyl (C=O) groups is 3. The minimum Gasteiger partial charge on any atom is -0.460 e. The largest absolute Gasteiger partial charge is 0.460 e. The molecule has 0 bridgehead atoms. The van der Waals surface area contributed by atoms with Gasteiger partial charge >= 0.3 is 5.97 Å². The number of alkyl halides is 2. The first-order valence-electron chi connectivity index (χ1n) is 4.90. The first kappa shape index (κ1) is 14.0. The number of likely N-dealkylation sites (tertiary alicyclic amines) is 1. The standard InChI is InChI=1S/C10H11Cl2NO4/c1-2-5-17-10(16)6-3-4-7(14)13(6)9(15)8(11)12/h2,6,8H,1,3-5H2/t6-/m1/s1. The van der Waals surface area contributed by atoms with Gasteiger partial charge in [0, 0.05) is 6.42 Å². The van der Waals surface area contributed by atoms with E-state index in [1.807, 2.05) is 0 Å². The molecule has 1 aliphatic rings. The number of hydrogen-bond donors (Lipinski definition) is 0. The fourth-order valence-electron chi connectivity index (χ4n) is 1.53. The quantitative estimate of drug-likeness (QED) is 0.438. The molecule has 1 aliphatic heterocycles. The molecule has 1 fully saturated rings. The van der Waals surface area contributed by atoms with Gasteiger partial charge in [-0.3, -0.25) is 14.5 Å². The maximum absolute atomic E-state index is 11.6. The lowest BCUT2D eigenvalue weighted by atomic mass is 10.2. The molecule has 0 saturated carbocycles. The van der Waals surface area contributed by atoms with Crippen molar-refractivity contribution in [2.45, 2.75) is 23.7 Å². The van der Waals surface area contributed by atoms with E-state index in [0.29, 0.717) is 0 Å². The van der Waals surface area contributed by atoms with Crippen molar-refractivity contribution < 1.29 is 19.1 Å². The maximum Gasteiger partial charge on any atom is 0.329 e. The van der Waals surface area contributed by atoms with Crippen LogP contribution in [0.2, 0.25) is 0 Å².